The molecule has 0 atom stereocenters. The monoisotopic (exact) mass is 359 g/mol. The van der Waals surface area contributed by atoms with Crippen LogP contribution >= 0.6 is 24.0 Å². The lowest BCUT2D eigenvalue weighted by atomic mass is 10.2. The van der Waals surface area contributed by atoms with E-state index in [2.05, 4.69) is 0 Å². The molecule has 0 unspecified atom stereocenters. The number of rotatable bonds is 4. The zero-order valence-electron chi connectivity index (χ0n) is 12.0. The first-order valence-electron chi connectivity index (χ1n) is 6.00. The lowest BCUT2D eigenvalue weighted by molar-refractivity contribution is -0.121. The molecule has 1 aliphatic rings. The van der Waals surface area contributed by atoms with Crippen LogP contribution in [0.25, 0.3) is 6.08 Å². The summed E-state index contributed by atoms with van der Waals surface area (Å²) >= 11 is 6.26. The molecule has 0 aliphatic carbocycles. The highest BCUT2D eigenvalue weighted by Gasteiger charge is 2.28. The maximum atomic E-state index is 11.9. The second-order valence-corrected chi connectivity index (χ2v) is 7.69. The first-order valence-corrected chi connectivity index (χ1v) is 9.04. The lowest BCUT2D eigenvalue weighted by Crippen LogP contribution is -2.22. The Morgan fingerprint density at radius 1 is 1.32 bits per heavy atom. The molecule has 6 nitrogen and oxygen atoms in total. The fourth-order valence-electron chi connectivity index (χ4n) is 1.70. The van der Waals surface area contributed by atoms with Gasteiger partial charge in [-0.15, -0.1) is 0 Å². The van der Waals surface area contributed by atoms with Crippen molar-refractivity contribution < 1.29 is 22.1 Å². The number of methoxy groups -OCH3 is 1. The standard InChI is InChI=1S/C13H13NO5S3/c1-14-12(15)11(21-13(14)20)7-8-4-5-9(10(6-8)18-2)19-22(3,16)17/h4-7H,1-3H3/b11-7+. The van der Waals surface area contributed by atoms with Crippen molar-refractivity contribution >= 4 is 50.4 Å². The van der Waals surface area contributed by atoms with Crippen molar-refractivity contribution in [3.8, 4) is 11.5 Å². The van der Waals surface area contributed by atoms with Crippen LogP contribution in [0.4, 0.5) is 0 Å². The van der Waals surface area contributed by atoms with Gasteiger partial charge in [0.25, 0.3) is 5.91 Å². The van der Waals surface area contributed by atoms with Crippen LogP contribution < -0.4 is 8.92 Å². The fraction of sp³-hybridized carbons (Fsp3) is 0.231. The van der Waals surface area contributed by atoms with Crippen LogP contribution in [0.5, 0.6) is 11.5 Å². The molecule has 0 radical (unpaired) electrons. The minimum atomic E-state index is -3.65. The predicted molar refractivity (Wildman–Crippen MR) is 89.4 cm³/mol. The van der Waals surface area contributed by atoms with Crippen molar-refractivity contribution in [2.45, 2.75) is 0 Å². The molecule has 0 aromatic heterocycles. The van der Waals surface area contributed by atoms with Crippen molar-refractivity contribution in [2.75, 3.05) is 20.4 Å². The Kier molecular flexibility index (Phi) is 4.78. The number of nitrogens with zero attached hydrogens (tertiary/aromatic N) is 1. The van der Waals surface area contributed by atoms with Crippen LogP contribution in [-0.2, 0) is 14.9 Å². The van der Waals surface area contributed by atoms with Gasteiger partial charge in [-0.3, -0.25) is 9.69 Å². The number of carbonyl (C=O) groups is 1. The smallest absolute Gasteiger partial charge is 0.306 e. The number of amides is 1. The second-order valence-electron chi connectivity index (χ2n) is 4.44. The number of thiocarbonyl (C=S) groups is 1. The van der Waals surface area contributed by atoms with Crippen molar-refractivity contribution in [1.29, 1.82) is 0 Å². The molecule has 0 saturated carbocycles. The minimum absolute atomic E-state index is 0.0881. The number of likely N-dealkylation sites (N-methyl/N-ethyl adjacent to an activating group) is 1. The summed E-state index contributed by atoms with van der Waals surface area (Å²) in [5, 5.41) is 0. The Balaban J connectivity index is 2.35. The zero-order valence-corrected chi connectivity index (χ0v) is 14.5. The highest BCUT2D eigenvalue weighted by atomic mass is 32.2. The average Bonchev–Trinajstić information content (AvgIpc) is 2.66. The molecule has 0 N–H and O–H groups in total. The van der Waals surface area contributed by atoms with Crippen LogP contribution in [0.1, 0.15) is 5.56 Å². The van der Waals surface area contributed by atoms with E-state index in [0.717, 1.165) is 6.26 Å². The summed E-state index contributed by atoms with van der Waals surface area (Å²) in [5.74, 6) is 0.168. The fourth-order valence-corrected chi connectivity index (χ4v) is 3.35. The summed E-state index contributed by atoms with van der Waals surface area (Å²) in [6.07, 6.45) is 2.61. The SMILES string of the molecule is COc1cc(/C=C2/SC(=S)N(C)C2=O)ccc1OS(C)(=O)=O. The molecular weight excluding hydrogens is 346 g/mol. The molecule has 1 aromatic carbocycles. The van der Waals surface area contributed by atoms with E-state index in [-0.39, 0.29) is 17.4 Å². The Bertz CT molecular complexity index is 770. The van der Waals surface area contributed by atoms with Gasteiger partial charge in [-0.2, -0.15) is 8.42 Å². The molecule has 1 fully saturated rings. The van der Waals surface area contributed by atoms with Gasteiger partial charge in [-0.1, -0.05) is 30.0 Å². The van der Waals surface area contributed by atoms with Gasteiger partial charge in [0.15, 0.2) is 11.5 Å². The average molecular weight is 359 g/mol. The molecule has 2 rings (SSSR count). The van der Waals surface area contributed by atoms with E-state index in [9.17, 15) is 13.2 Å². The van der Waals surface area contributed by atoms with E-state index in [0.29, 0.717) is 14.8 Å². The third-order valence-electron chi connectivity index (χ3n) is 2.71. The van der Waals surface area contributed by atoms with Crippen LogP contribution in [0, 0.1) is 0 Å². The Morgan fingerprint density at radius 3 is 2.50 bits per heavy atom. The molecule has 1 heterocycles. The highest BCUT2D eigenvalue weighted by Crippen LogP contribution is 2.34. The van der Waals surface area contributed by atoms with Crippen LogP contribution in [-0.4, -0.2) is 44.0 Å². The molecular formula is C13H13NO5S3. The molecule has 1 amide bonds. The second kappa shape index (κ2) is 6.27. The minimum Gasteiger partial charge on any atom is -0.493 e. The number of benzene rings is 1. The Labute approximate surface area is 138 Å². The molecule has 1 saturated heterocycles. The molecule has 1 aliphatic heterocycles. The highest BCUT2D eigenvalue weighted by molar-refractivity contribution is 8.26. The van der Waals surface area contributed by atoms with Gasteiger partial charge >= 0.3 is 10.1 Å². The van der Waals surface area contributed by atoms with Crippen molar-refractivity contribution in [2.24, 2.45) is 0 Å². The summed E-state index contributed by atoms with van der Waals surface area (Å²) in [6.45, 7) is 0. The van der Waals surface area contributed by atoms with Crippen LogP contribution in [0.2, 0.25) is 0 Å². The summed E-state index contributed by atoms with van der Waals surface area (Å²) in [6, 6.07) is 4.69. The van der Waals surface area contributed by atoms with Crippen molar-refractivity contribution in [1.82, 2.24) is 4.90 Å². The van der Waals surface area contributed by atoms with Gasteiger partial charge in [0.2, 0.25) is 0 Å². The number of hydrogen-bond acceptors (Lipinski definition) is 7. The summed E-state index contributed by atoms with van der Waals surface area (Å²) in [5.41, 5.74) is 0.673. The van der Waals surface area contributed by atoms with E-state index in [1.807, 2.05) is 0 Å². The summed E-state index contributed by atoms with van der Waals surface area (Å²) in [7, 11) is -0.630. The summed E-state index contributed by atoms with van der Waals surface area (Å²) < 4.78 is 32.8. The first-order chi connectivity index (χ1) is 10.2. The molecule has 9 heteroatoms. The number of ether oxygens (including phenoxy) is 1. The van der Waals surface area contributed by atoms with Crippen molar-refractivity contribution in [3.63, 3.8) is 0 Å². The number of hydrogen-bond donors (Lipinski definition) is 0. The zero-order chi connectivity index (χ0) is 16.5. The predicted octanol–water partition coefficient (Wildman–Crippen LogP) is 1.86. The first kappa shape index (κ1) is 16.8. The van der Waals surface area contributed by atoms with E-state index in [4.69, 9.17) is 21.1 Å². The maximum absolute atomic E-state index is 11.9. The van der Waals surface area contributed by atoms with E-state index >= 15 is 0 Å². The van der Waals surface area contributed by atoms with Gasteiger partial charge in [0, 0.05) is 7.05 Å². The third-order valence-corrected chi connectivity index (χ3v) is 4.68. The van der Waals surface area contributed by atoms with Gasteiger partial charge in [0.1, 0.15) is 4.32 Å². The molecule has 0 bridgehead atoms. The van der Waals surface area contributed by atoms with Crippen LogP contribution in [0.15, 0.2) is 23.1 Å². The Morgan fingerprint density at radius 2 is 2.00 bits per heavy atom. The van der Waals surface area contributed by atoms with Crippen LogP contribution in [0.3, 0.4) is 0 Å². The molecule has 1 aromatic rings. The number of carbonyl (C=O) groups excluding carboxylic acids is 1. The summed E-state index contributed by atoms with van der Waals surface area (Å²) in [4.78, 5) is 13.8. The van der Waals surface area contributed by atoms with E-state index < -0.39 is 10.1 Å². The molecule has 0 spiro atoms. The third kappa shape index (κ3) is 3.79. The van der Waals surface area contributed by atoms with Gasteiger partial charge in [0.05, 0.1) is 18.3 Å². The van der Waals surface area contributed by atoms with Crippen molar-refractivity contribution in [3.05, 3.63) is 28.7 Å². The van der Waals surface area contributed by atoms with E-state index in [1.165, 1.54) is 29.8 Å². The van der Waals surface area contributed by atoms with Gasteiger partial charge < -0.3 is 8.92 Å². The van der Waals surface area contributed by atoms with E-state index in [1.54, 1.807) is 25.3 Å². The topological polar surface area (TPSA) is 72.9 Å². The normalized spacial score (nSPS) is 17.2. The number of thioether (sulfide) groups is 1. The lowest BCUT2D eigenvalue weighted by Gasteiger charge is -2.09. The van der Waals surface area contributed by atoms with Gasteiger partial charge in [-0.25, -0.2) is 0 Å². The molecule has 22 heavy (non-hydrogen) atoms. The Hall–Kier alpha value is -1.58. The quantitative estimate of drug-likeness (QED) is 0.461. The van der Waals surface area contributed by atoms with Gasteiger partial charge in [-0.05, 0) is 23.8 Å². The largest absolute Gasteiger partial charge is 0.493 e. The maximum Gasteiger partial charge on any atom is 0.306 e. The molecule has 118 valence electrons.